The molecule has 27 heavy (non-hydrogen) atoms. The van der Waals surface area contributed by atoms with E-state index in [1.54, 1.807) is 0 Å². The van der Waals surface area contributed by atoms with Crippen LogP contribution in [0.15, 0.2) is 54.6 Å². The average molecular weight is 372 g/mol. The molecule has 1 saturated heterocycles. The molecule has 7 heteroatoms. The van der Waals surface area contributed by atoms with Crippen LogP contribution in [0.1, 0.15) is 0 Å². The lowest BCUT2D eigenvalue weighted by Gasteiger charge is -2.27. The standard InChI is InChI=1S/C18H22N2O.C2H2O4/c1-2-6-16(7-3-1)17-8-4-5-9-18(17)21-15-14-20-12-10-19-11-13-20;3-1(4)2(5)6/h1-9,19H,10-15H2;(H,3,4)(H,5,6). The summed E-state index contributed by atoms with van der Waals surface area (Å²) in [7, 11) is 0. The van der Waals surface area contributed by atoms with E-state index in [0.29, 0.717) is 0 Å². The number of hydrogen-bond acceptors (Lipinski definition) is 5. The second-order valence-corrected chi connectivity index (χ2v) is 5.91. The van der Waals surface area contributed by atoms with E-state index in [-0.39, 0.29) is 0 Å². The zero-order valence-corrected chi connectivity index (χ0v) is 15.0. The fraction of sp³-hybridized carbons (Fsp3) is 0.300. The highest BCUT2D eigenvalue weighted by atomic mass is 16.5. The van der Waals surface area contributed by atoms with Gasteiger partial charge in [-0.25, -0.2) is 9.59 Å². The van der Waals surface area contributed by atoms with Crippen molar-refractivity contribution in [1.82, 2.24) is 10.2 Å². The van der Waals surface area contributed by atoms with E-state index in [1.807, 2.05) is 12.1 Å². The SMILES string of the molecule is O=C(O)C(=O)O.c1ccc(-c2ccccc2OCCN2CCNCC2)cc1. The molecule has 2 aromatic rings. The Hall–Kier alpha value is -2.90. The van der Waals surface area contributed by atoms with Crippen LogP contribution in [0, 0.1) is 0 Å². The second kappa shape index (κ2) is 10.9. The third-order valence-corrected chi connectivity index (χ3v) is 4.03. The fourth-order valence-electron chi connectivity index (χ4n) is 2.67. The first-order valence-electron chi connectivity index (χ1n) is 8.74. The molecule has 3 rings (SSSR count). The Morgan fingerprint density at radius 1 is 0.926 bits per heavy atom. The van der Waals surface area contributed by atoms with Gasteiger partial charge in [-0.05, 0) is 11.6 Å². The van der Waals surface area contributed by atoms with Gasteiger partial charge in [0.2, 0.25) is 0 Å². The van der Waals surface area contributed by atoms with Gasteiger partial charge < -0.3 is 20.3 Å². The Bertz CT molecular complexity index is 718. The van der Waals surface area contributed by atoms with Crippen LogP contribution < -0.4 is 10.1 Å². The highest BCUT2D eigenvalue weighted by molar-refractivity contribution is 6.27. The molecule has 1 heterocycles. The molecule has 0 saturated carbocycles. The number of hydrogen-bond donors (Lipinski definition) is 3. The lowest BCUT2D eigenvalue weighted by atomic mass is 10.1. The van der Waals surface area contributed by atoms with Gasteiger partial charge in [0.25, 0.3) is 0 Å². The number of piperazine rings is 1. The number of ether oxygens (including phenoxy) is 1. The number of carbonyl (C=O) groups is 2. The second-order valence-electron chi connectivity index (χ2n) is 5.91. The number of benzene rings is 2. The Kier molecular flexibility index (Phi) is 8.28. The summed E-state index contributed by atoms with van der Waals surface area (Å²) in [4.78, 5) is 20.6. The van der Waals surface area contributed by atoms with Crippen molar-refractivity contribution in [2.24, 2.45) is 0 Å². The van der Waals surface area contributed by atoms with Crippen LogP contribution in [0.3, 0.4) is 0 Å². The van der Waals surface area contributed by atoms with Crippen molar-refractivity contribution in [2.45, 2.75) is 0 Å². The van der Waals surface area contributed by atoms with Crippen LogP contribution in [0.2, 0.25) is 0 Å². The minimum absolute atomic E-state index is 0.740. The van der Waals surface area contributed by atoms with Crippen molar-refractivity contribution in [1.29, 1.82) is 0 Å². The van der Waals surface area contributed by atoms with Crippen LogP contribution in [0.4, 0.5) is 0 Å². The van der Waals surface area contributed by atoms with Gasteiger partial charge in [-0.3, -0.25) is 4.90 Å². The first-order valence-corrected chi connectivity index (χ1v) is 8.74. The lowest BCUT2D eigenvalue weighted by Crippen LogP contribution is -2.44. The maximum atomic E-state index is 9.10. The van der Waals surface area contributed by atoms with Gasteiger partial charge in [0, 0.05) is 38.3 Å². The van der Waals surface area contributed by atoms with Crippen molar-refractivity contribution in [3.05, 3.63) is 54.6 Å². The molecule has 0 aliphatic carbocycles. The largest absolute Gasteiger partial charge is 0.492 e. The molecule has 0 radical (unpaired) electrons. The first-order chi connectivity index (χ1) is 13.1. The van der Waals surface area contributed by atoms with Gasteiger partial charge >= 0.3 is 11.9 Å². The summed E-state index contributed by atoms with van der Waals surface area (Å²) >= 11 is 0. The molecule has 1 aliphatic heterocycles. The third kappa shape index (κ3) is 7.08. The number of carboxylic acids is 2. The molecule has 3 N–H and O–H groups in total. The molecule has 7 nitrogen and oxygen atoms in total. The Morgan fingerprint density at radius 2 is 1.52 bits per heavy atom. The summed E-state index contributed by atoms with van der Waals surface area (Å²) in [5.41, 5.74) is 2.37. The summed E-state index contributed by atoms with van der Waals surface area (Å²) in [6.07, 6.45) is 0. The number of aliphatic carboxylic acids is 2. The van der Waals surface area contributed by atoms with Gasteiger partial charge in [-0.1, -0.05) is 48.5 Å². The maximum absolute atomic E-state index is 9.10. The third-order valence-electron chi connectivity index (χ3n) is 4.03. The van der Waals surface area contributed by atoms with Crippen LogP contribution in [-0.4, -0.2) is 66.4 Å². The van der Waals surface area contributed by atoms with E-state index in [1.165, 1.54) is 11.1 Å². The topological polar surface area (TPSA) is 99.1 Å². The minimum Gasteiger partial charge on any atom is -0.492 e. The highest BCUT2D eigenvalue weighted by Crippen LogP contribution is 2.29. The molecule has 0 unspecified atom stereocenters. The molecular weight excluding hydrogens is 348 g/mol. The van der Waals surface area contributed by atoms with Crippen LogP contribution in [0.5, 0.6) is 5.75 Å². The molecule has 2 aromatic carbocycles. The molecule has 0 bridgehead atoms. The fourth-order valence-corrected chi connectivity index (χ4v) is 2.67. The van der Waals surface area contributed by atoms with E-state index in [4.69, 9.17) is 24.5 Å². The van der Waals surface area contributed by atoms with Crippen molar-refractivity contribution in [3.8, 4) is 16.9 Å². The molecule has 1 fully saturated rings. The zero-order chi connectivity index (χ0) is 19.5. The van der Waals surface area contributed by atoms with Crippen molar-refractivity contribution < 1.29 is 24.5 Å². The zero-order valence-electron chi connectivity index (χ0n) is 15.0. The van der Waals surface area contributed by atoms with Gasteiger partial charge in [0.1, 0.15) is 12.4 Å². The molecule has 1 aliphatic rings. The number of nitrogens with one attached hydrogen (secondary N) is 1. The Labute approximate surface area is 158 Å². The highest BCUT2D eigenvalue weighted by Gasteiger charge is 2.10. The summed E-state index contributed by atoms with van der Waals surface area (Å²) < 4.78 is 6.03. The molecule has 0 atom stereocenters. The van der Waals surface area contributed by atoms with Crippen LogP contribution >= 0.6 is 0 Å². The Balaban J connectivity index is 0.000000380. The predicted molar refractivity (Wildman–Crippen MR) is 102 cm³/mol. The summed E-state index contributed by atoms with van der Waals surface area (Å²) in [6.45, 7) is 6.13. The van der Waals surface area contributed by atoms with Crippen molar-refractivity contribution in [2.75, 3.05) is 39.3 Å². The van der Waals surface area contributed by atoms with Gasteiger partial charge in [-0.15, -0.1) is 0 Å². The van der Waals surface area contributed by atoms with Gasteiger partial charge in [0.15, 0.2) is 0 Å². The number of rotatable bonds is 5. The number of carboxylic acid groups (broad SMARTS) is 2. The van der Waals surface area contributed by atoms with Crippen LogP contribution in [-0.2, 0) is 9.59 Å². The molecule has 0 amide bonds. The smallest absolute Gasteiger partial charge is 0.414 e. The van der Waals surface area contributed by atoms with E-state index in [0.717, 1.165) is 45.1 Å². The number of nitrogens with zero attached hydrogens (tertiary/aromatic N) is 1. The monoisotopic (exact) mass is 372 g/mol. The van der Waals surface area contributed by atoms with Gasteiger partial charge in [-0.2, -0.15) is 0 Å². The van der Waals surface area contributed by atoms with Gasteiger partial charge in [0.05, 0.1) is 0 Å². The van der Waals surface area contributed by atoms with E-state index in [2.05, 4.69) is 52.7 Å². The van der Waals surface area contributed by atoms with Crippen molar-refractivity contribution in [3.63, 3.8) is 0 Å². The quantitative estimate of drug-likeness (QED) is 0.688. The normalized spacial score (nSPS) is 13.9. The molecular formula is C20H24N2O5. The number of para-hydroxylation sites is 1. The van der Waals surface area contributed by atoms with E-state index >= 15 is 0 Å². The molecule has 0 aromatic heterocycles. The molecule has 144 valence electrons. The van der Waals surface area contributed by atoms with E-state index in [9.17, 15) is 0 Å². The average Bonchev–Trinajstić information content (AvgIpc) is 2.70. The predicted octanol–water partition coefficient (Wildman–Crippen LogP) is 1.79. The summed E-state index contributed by atoms with van der Waals surface area (Å²) in [5, 5.41) is 18.2. The van der Waals surface area contributed by atoms with Crippen LogP contribution in [0.25, 0.3) is 11.1 Å². The van der Waals surface area contributed by atoms with E-state index < -0.39 is 11.9 Å². The van der Waals surface area contributed by atoms with Crippen molar-refractivity contribution >= 4 is 11.9 Å². The summed E-state index contributed by atoms with van der Waals surface area (Å²) in [5.74, 6) is -2.68. The lowest BCUT2D eigenvalue weighted by molar-refractivity contribution is -0.159. The maximum Gasteiger partial charge on any atom is 0.414 e. The minimum atomic E-state index is -1.82. The molecule has 0 spiro atoms. The first kappa shape index (κ1) is 20.4. The Morgan fingerprint density at radius 3 is 2.15 bits per heavy atom. The summed E-state index contributed by atoms with van der Waals surface area (Å²) in [6, 6.07) is 18.7.